The number of para-hydroxylation sites is 2. The van der Waals surface area contributed by atoms with Gasteiger partial charge in [0.2, 0.25) is 0 Å². The fourth-order valence-corrected chi connectivity index (χ4v) is 2.13. The molecule has 2 N–H and O–H groups in total. The molecule has 2 rings (SSSR count). The number of benzene rings is 1. The second-order valence-corrected chi connectivity index (χ2v) is 5.62. The Bertz CT molecular complexity index is 548. The molecular formula is C16H23N3O4. The summed E-state index contributed by atoms with van der Waals surface area (Å²) in [6.45, 7) is 1.88. The van der Waals surface area contributed by atoms with Crippen LogP contribution < -0.4 is 20.1 Å². The SMILES string of the molecule is CN(C)CCCNC(=O)C(=O)NCC1COc2ccccc2O1. The minimum absolute atomic E-state index is 0.221. The van der Waals surface area contributed by atoms with E-state index in [9.17, 15) is 9.59 Å². The second-order valence-electron chi connectivity index (χ2n) is 5.62. The van der Waals surface area contributed by atoms with Crippen molar-refractivity contribution in [3.63, 3.8) is 0 Å². The highest BCUT2D eigenvalue weighted by Gasteiger charge is 2.22. The van der Waals surface area contributed by atoms with E-state index in [4.69, 9.17) is 9.47 Å². The van der Waals surface area contributed by atoms with Crippen molar-refractivity contribution >= 4 is 11.8 Å². The third-order valence-corrected chi connectivity index (χ3v) is 3.33. The summed E-state index contributed by atoms with van der Waals surface area (Å²) in [7, 11) is 3.91. The molecule has 0 radical (unpaired) electrons. The fraction of sp³-hybridized carbons (Fsp3) is 0.500. The first-order chi connectivity index (χ1) is 11.1. The van der Waals surface area contributed by atoms with Crippen molar-refractivity contribution in [1.82, 2.24) is 15.5 Å². The van der Waals surface area contributed by atoms with E-state index in [0.717, 1.165) is 13.0 Å². The van der Waals surface area contributed by atoms with Gasteiger partial charge in [0, 0.05) is 6.54 Å². The Hall–Kier alpha value is -2.28. The largest absolute Gasteiger partial charge is 0.486 e. The average molecular weight is 321 g/mol. The number of nitrogens with one attached hydrogen (secondary N) is 2. The number of amides is 2. The molecule has 23 heavy (non-hydrogen) atoms. The van der Waals surface area contributed by atoms with Crippen molar-refractivity contribution in [2.24, 2.45) is 0 Å². The molecule has 126 valence electrons. The first-order valence-electron chi connectivity index (χ1n) is 7.65. The highest BCUT2D eigenvalue weighted by atomic mass is 16.6. The normalized spacial score (nSPS) is 16.0. The van der Waals surface area contributed by atoms with Crippen molar-refractivity contribution < 1.29 is 19.1 Å². The number of hydrogen-bond donors (Lipinski definition) is 2. The molecule has 0 saturated heterocycles. The minimum atomic E-state index is -0.655. The van der Waals surface area contributed by atoms with Gasteiger partial charge in [-0.15, -0.1) is 0 Å². The lowest BCUT2D eigenvalue weighted by Gasteiger charge is -2.26. The topological polar surface area (TPSA) is 79.9 Å². The molecule has 1 unspecified atom stereocenters. The van der Waals surface area contributed by atoms with Crippen molar-refractivity contribution in [1.29, 1.82) is 0 Å². The van der Waals surface area contributed by atoms with Crippen molar-refractivity contribution in [2.45, 2.75) is 12.5 Å². The summed E-state index contributed by atoms with van der Waals surface area (Å²) in [6.07, 6.45) is 0.484. The van der Waals surface area contributed by atoms with Gasteiger partial charge in [-0.05, 0) is 39.2 Å². The molecule has 1 aromatic rings. The van der Waals surface area contributed by atoms with E-state index >= 15 is 0 Å². The predicted octanol–water partition coefficient (Wildman–Crippen LogP) is 0.0105. The maximum atomic E-state index is 11.7. The van der Waals surface area contributed by atoms with E-state index in [0.29, 0.717) is 24.7 Å². The highest BCUT2D eigenvalue weighted by molar-refractivity contribution is 6.35. The molecule has 0 bridgehead atoms. The van der Waals surface area contributed by atoms with Gasteiger partial charge in [0.05, 0.1) is 6.54 Å². The van der Waals surface area contributed by atoms with Crippen LogP contribution in [-0.2, 0) is 9.59 Å². The summed E-state index contributed by atoms with van der Waals surface area (Å²) in [5.41, 5.74) is 0. The zero-order valence-electron chi connectivity index (χ0n) is 13.5. The minimum Gasteiger partial charge on any atom is -0.486 e. The lowest BCUT2D eigenvalue weighted by molar-refractivity contribution is -0.139. The average Bonchev–Trinajstić information content (AvgIpc) is 2.56. The summed E-state index contributed by atoms with van der Waals surface area (Å²) >= 11 is 0. The number of nitrogens with zero attached hydrogens (tertiary/aromatic N) is 1. The second kappa shape index (κ2) is 8.38. The van der Waals surface area contributed by atoms with Crippen molar-refractivity contribution in [2.75, 3.05) is 40.3 Å². The number of carbonyl (C=O) groups is 2. The van der Waals surface area contributed by atoms with E-state index in [-0.39, 0.29) is 12.6 Å². The molecule has 0 aliphatic carbocycles. The maximum absolute atomic E-state index is 11.7. The van der Waals surface area contributed by atoms with E-state index in [1.54, 1.807) is 6.07 Å². The number of fused-ring (bicyclic) bond motifs is 1. The lowest BCUT2D eigenvalue weighted by atomic mass is 10.2. The zero-order chi connectivity index (χ0) is 16.7. The van der Waals surface area contributed by atoms with Gasteiger partial charge in [0.15, 0.2) is 11.5 Å². The van der Waals surface area contributed by atoms with E-state index < -0.39 is 11.8 Å². The molecule has 1 atom stereocenters. The predicted molar refractivity (Wildman–Crippen MR) is 85.5 cm³/mol. The van der Waals surface area contributed by atoms with Gasteiger partial charge in [0.1, 0.15) is 12.7 Å². The highest BCUT2D eigenvalue weighted by Crippen LogP contribution is 2.30. The number of hydrogen-bond acceptors (Lipinski definition) is 5. The van der Waals surface area contributed by atoms with Gasteiger partial charge in [0.25, 0.3) is 0 Å². The van der Waals surface area contributed by atoms with Crippen LogP contribution in [0.2, 0.25) is 0 Å². The maximum Gasteiger partial charge on any atom is 0.309 e. The van der Waals surface area contributed by atoms with Crippen LogP contribution in [-0.4, -0.2) is 63.2 Å². The Morgan fingerprint density at radius 1 is 1.17 bits per heavy atom. The van der Waals surface area contributed by atoms with Crippen LogP contribution in [0.25, 0.3) is 0 Å². The van der Waals surface area contributed by atoms with Crippen molar-refractivity contribution in [3.8, 4) is 11.5 Å². The Labute approximate surface area is 135 Å². The monoisotopic (exact) mass is 321 g/mol. The van der Waals surface area contributed by atoms with Gasteiger partial charge < -0.3 is 25.0 Å². The quantitative estimate of drug-likeness (QED) is 0.570. The van der Waals surface area contributed by atoms with Gasteiger partial charge in [-0.1, -0.05) is 12.1 Å². The Morgan fingerprint density at radius 2 is 1.87 bits per heavy atom. The molecule has 1 heterocycles. The summed E-state index contributed by atoms with van der Waals surface area (Å²) < 4.78 is 11.3. The third kappa shape index (κ3) is 5.45. The smallest absolute Gasteiger partial charge is 0.309 e. The molecular weight excluding hydrogens is 298 g/mol. The van der Waals surface area contributed by atoms with Crippen LogP contribution in [0.15, 0.2) is 24.3 Å². The van der Waals surface area contributed by atoms with Crippen LogP contribution >= 0.6 is 0 Å². The molecule has 2 amide bonds. The molecule has 0 aromatic heterocycles. The van der Waals surface area contributed by atoms with Crippen molar-refractivity contribution in [3.05, 3.63) is 24.3 Å². The number of carbonyl (C=O) groups excluding carboxylic acids is 2. The number of rotatable bonds is 6. The fourth-order valence-electron chi connectivity index (χ4n) is 2.13. The summed E-state index contributed by atoms with van der Waals surface area (Å²) in [6, 6.07) is 7.35. The Kier molecular flexibility index (Phi) is 6.22. The van der Waals surface area contributed by atoms with Crippen LogP contribution in [0.5, 0.6) is 11.5 Å². The zero-order valence-corrected chi connectivity index (χ0v) is 13.5. The van der Waals surface area contributed by atoms with E-state index in [2.05, 4.69) is 10.6 Å². The lowest BCUT2D eigenvalue weighted by Crippen LogP contribution is -2.46. The van der Waals surface area contributed by atoms with Gasteiger partial charge in [-0.3, -0.25) is 9.59 Å². The van der Waals surface area contributed by atoms with Crippen LogP contribution in [0, 0.1) is 0 Å². The molecule has 1 aromatic carbocycles. The Morgan fingerprint density at radius 3 is 2.61 bits per heavy atom. The van der Waals surface area contributed by atoms with Crippen LogP contribution in [0.3, 0.4) is 0 Å². The standard InChI is InChI=1S/C16H23N3O4/c1-19(2)9-5-8-17-15(20)16(21)18-10-12-11-22-13-6-3-4-7-14(13)23-12/h3-4,6-7,12H,5,8-11H2,1-2H3,(H,17,20)(H,18,21). The molecule has 0 fully saturated rings. The summed E-state index contributed by atoms with van der Waals surface area (Å²) in [4.78, 5) is 25.4. The summed E-state index contributed by atoms with van der Waals surface area (Å²) in [5.74, 6) is 0.0537. The molecule has 1 aliphatic heterocycles. The first kappa shape index (κ1) is 17.1. The van der Waals surface area contributed by atoms with Gasteiger partial charge >= 0.3 is 11.8 Å². The molecule has 7 nitrogen and oxygen atoms in total. The molecule has 7 heteroatoms. The summed E-state index contributed by atoms with van der Waals surface area (Å²) in [5, 5.41) is 5.16. The molecule has 1 aliphatic rings. The molecule has 0 saturated carbocycles. The van der Waals surface area contributed by atoms with Gasteiger partial charge in [-0.25, -0.2) is 0 Å². The number of ether oxygens (including phenoxy) is 2. The van der Waals surface area contributed by atoms with E-state index in [1.165, 1.54) is 0 Å². The first-order valence-corrected chi connectivity index (χ1v) is 7.65. The van der Waals surface area contributed by atoms with Crippen LogP contribution in [0.4, 0.5) is 0 Å². The Balaban J connectivity index is 1.67. The third-order valence-electron chi connectivity index (χ3n) is 3.33. The van der Waals surface area contributed by atoms with Gasteiger partial charge in [-0.2, -0.15) is 0 Å². The molecule has 0 spiro atoms. The van der Waals surface area contributed by atoms with E-state index in [1.807, 2.05) is 37.2 Å². The van der Waals surface area contributed by atoms with Crippen LogP contribution in [0.1, 0.15) is 6.42 Å².